The summed E-state index contributed by atoms with van der Waals surface area (Å²) in [6, 6.07) is 1.95. The molecule has 1 aliphatic rings. The molecule has 2 aromatic rings. The minimum absolute atomic E-state index is 0.216. The molecule has 118 valence electrons. The molecule has 0 unspecified atom stereocenters. The van der Waals surface area contributed by atoms with Crippen molar-refractivity contribution < 1.29 is 9.53 Å². The molecule has 7 nitrogen and oxygen atoms in total. The molecule has 0 aliphatic carbocycles. The number of fused-ring (bicyclic) bond motifs is 1. The summed E-state index contributed by atoms with van der Waals surface area (Å²) in [7, 11) is 0. The Hall–Kier alpha value is -2.18. The van der Waals surface area contributed by atoms with Gasteiger partial charge >= 0.3 is 6.09 Å². The van der Waals surface area contributed by atoms with Crippen molar-refractivity contribution in [2.75, 3.05) is 13.1 Å². The third-order valence-corrected chi connectivity index (χ3v) is 3.70. The smallest absolute Gasteiger partial charge is 0.410 e. The molecule has 1 aliphatic heterocycles. The zero-order valence-electron chi connectivity index (χ0n) is 13.2. The molecule has 3 rings (SSSR count). The van der Waals surface area contributed by atoms with Gasteiger partial charge in [-0.05, 0) is 39.7 Å². The monoisotopic (exact) mass is 303 g/mol. The molecule has 0 saturated carbocycles. The molecule has 0 N–H and O–H groups in total. The lowest BCUT2D eigenvalue weighted by Gasteiger charge is -2.34. The van der Waals surface area contributed by atoms with Crippen molar-refractivity contribution in [1.29, 1.82) is 0 Å². The summed E-state index contributed by atoms with van der Waals surface area (Å²) < 4.78 is 7.23. The number of hydrogen-bond donors (Lipinski definition) is 0. The van der Waals surface area contributed by atoms with Crippen LogP contribution in [0.1, 0.15) is 45.2 Å². The number of carbonyl (C=O) groups excluding carboxylic acids is 1. The first-order valence-electron chi connectivity index (χ1n) is 7.56. The van der Waals surface area contributed by atoms with Crippen molar-refractivity contribution in [2.24, 2.45) is 0 Å². The van der Waals surface area contributed by atoms with Crippen LogP contribution in [-0.2, 0) is 4.74 Å². The van der Waals surface area contributed by atoms with E-state index in [9.17, 15) is 4.79 Å². The Labute approximate surface area is 129 Å². The highest BCUT2D eigenvalue weighted by molar-refractivity contribution is 5.68. The van der Waals surface area contributed by atoms with Crippen molar-refractivity contribution >= 4 is 11.9 Å². The molecule has 0 radical (unpaired) electrons. The number of ether oxygens (including phenoxy) is 1. The molecule has 7 heteroatoms. The van der Waals surface area contributed by atoms with Crippen LogP contribution in [0.4, 0.5) is 4.79 Å². The molecule has 2 aromatic heterocycles. The molecule has 1 amide bonds. The van der Waals surface area contributed by atoms with E-state index in [4.69, 9.17) is 4.74 Å². The summed E-state index contributed by atoms with van der Waals surface area (Å²) in [6.45, 7) is 7.02. The predicted molar refractivity (Wildman–Crippen MR) is 80.6 cm³/mol. The van der Waals surface area contributed by atoms with Crippen LogP contribution in [0.2, 0.25) is 0 Å². The summed E-state index contributed by atoms with van der Waals surface area (Å²) in [5.41, 5.74) is 0.565. The normalized spacial score (nSPS) is 19.4. The maximum atomic E-state index is 12.3. The van der Waals surface area contributed by atoms with E-state index >= 15 is 0 Å². The predicted octanol–water partition coefficient (Wildman–Crippen LogP) is 2.24. The van der Waals surface area contributed by atoms with Crippen LogP contribution >= 0.6 is 0 Å². The van der Waals surface area contributed by atoms with Crippen molar-refractivity contribution in [3.8, 4) is 0 Å². The van der Waals surface area contributed by atoms with Gasteiger partial charge in [-0.1, -0.05) is 0 Å². The molecule has 3 heterocycles. The zero-order valence-corrected chi connectivity index (χ0v) is 13.2. The lowest BCUT2D eigenvalue weighted by molar-refractivity contribution is 0.0196. The Morgan fingerprint density at radius 2 is 2.18 bits per heavy atom. The molecule has 0 spiro atoms. The number of piperidine rings is 1. The second-order valence-electron chi connectivity index (χ2n) is 6.61. The maximum Gasteiger partial charge on any atom is 0.410 e. The molecular formula is C15H21N5O2. The third-order valence-electron chi connectivity index (χ3n) is 3.70. The molecule has 0 aromatic carbocycles. The second-order valence-corrected chi connectivity index (χ2v) is 6.61. The number of likely N-dealkylation sites (tertiary alicyclic amines) is 1. The van der Waals surface area contributed by atoms with E-state index in [0.29, 0.717) is 12.3 Å². The van der Waals surface area contributed by atoms with Crippen LogP contribution in [0.5, 0.6) is 0 Å². The lowest BCUT2D eigenvalue weighted by atomic mass is 9.95. The highest BCUT2D eigenvalue weighted by Gasteiger charge is 2.29. The second kappa shape index (κ2) is 5.55. The largest absolute Gasteiger partial charge is 0.444 e. The first-order valence-corrected chi connectivity index (χ1v) is 7.56. The van der Waals surface area contributed by atoms with Gasteiger partial charge in [0.1, 0.15) is 11.9 Å². The van der Waals surface area contributed by atoms with Gasteiger partial charge in [0, 0.05) is 25.2 Å². The van der Waals surface area contributed by atoms with E-state index < -0.39 is 5.60 Å². The van der Waals surface area contributed by atoms with Crippen molar-refractivity contribution in [2.45, 2.75) is 45.1 Å². The van der Waals surface area contributed by atoms with Crippen LogP contribution < -0.4 is 0 Å². The van der Waals surface area contributed by atoms with Gasteiger partial charge in [0.25, 0.3) is 5.78 Å². The number of amides is 1. The van der Waals surface area contributed by atoms with Gasteiger partial charge in [-0.15, -0.1) is 0 Å². The number of aromatic nitrogens is 4. The summed E-state index contributed by atoms with van der Waals surface area (Å²) in [4.78, 5) is 22.3. The van der Waals surface area contributed by atoms with Crippen LogP contribution in [0.25, 0.3) is 5.78 Å². The van der Waals surface area contributed by atoms with Gasteiger partial charge in [-0.25, -0.2) is 14.3 Å². The summed E-state index contributed by atoms with van der Waals surface area (Å²) in [6.07, 6.45) is 4.95. The zero-order chi connectivity index (χ0) is 15.7. The number of rotatable bonds is 1. The maximum absolute atomic E-state index is 12.3. The summed E-state index contributed by atoms with van der Waals surface area (Å²) >= 11 is 0. The highest BCUT2D eigenvalue weighted by Crippen LogP contribution is 2.27. The Morgan fingerprint density at radius 3 is 2.95 bits per heavy atom. The van der Waals surface area contributed by atoms with E-state index in [2.05, 4.69) is 15.1 Å². The standard InChI is InChI=1S/C15H21N5O2/c1-15(2,3)22-14(21)19-8-4-5-11(9-19)12-6-7-16-13-17-10-18-20(12)13/h6-7,10-11H,4-5,8-9H2,1-3H3/t11-/m1/s1. The van der Waals surface area contributed by atoms with Gasteiger partial charge < -0.3 is 9.64 Å². The number of carbonyl (C=O) groups is 1. The Kier molecular flexibility index (Phi) is 3.72. The van der Waals surface area contributed by atoms with Crippen molar-refractivity contribution in [3.63, 3.8) is 0 Å². The van der Waals surface area contributed by atoms with E-state index in [0.717, 1.165) is 25.1 Å². The van der Waals surface area contributed by atoms with Crippen LogP contribution in [0.3, 0.4) is 0 Å². The molecule has 1 fully saturated rings. The Bertz CT molecular complexity index is 676. The van der Waals surface area contributed by atoms with Crippen molar-refractivity contribution in [3.05, 3.63) is 24.3 Å². The lowest BCUT2D eigenvalue weighted by Crippen LogP contribution is -2.42. The van der Waals surface area contributed by atoms with E-state index in [-0.39, 0.29) is 12.0 Å². The van der Waals surface area contributed by atoms with E-state index in [1.807, 2.05) is 26.8 Å². The SMILES string of the molecule is CC(C)(C)OC(=O)N1CCC[C@@H](c2ccnc3ncnn23)C1. The summed E-state index contributed by atoms with van der Waals surface area (Å²) in [5, 5.41) is 4.23. The fourth-order valence-corrected chi connectivity index (χ4v) is 2.78. The van der Waals surface area contributed by atoms with Gasteiger partial charge in [-0.2, -0.15) is 10.1 Å². The van der Waals surface area contributed by atoms with E-state index in [1.54, 1.807) is 15.6 Å². The Balaban J connectivity index is 1.78. The van der Waals surface area contributed by atoms with Gasteiger partial charge in [-0.3, -0.25) is 0 Å². The molecular weight excluding hydrogens is 282 g/mol. The minimum Gasteiger partial charge on any atom is -0.444 e. The summed E-state index contributed by atoms with van der Waals surface area (Å²) in [5.74, 6) is 0.806. The fraction of sp³-hybridized carbons (Fsp3) is 0.600. The minimum atomic E-state index is -0.472. The molecule has 1 atom stereocenters. The average Bonchev–Trinajstić information content (AvgIpc) is 2.94. The first kappa shape index (κ1) is 14.7. The third kappa shape index (κ3) is 3.03. The van der Waals surface area contributed by atoms with Gasteiger partial charge in [0.05, 0.1) is 5.69 Å². The molecule has 1 saturated heterocycles. The molecule has 22 heavy (non-hydrogen) atoms. The number of nitrogens with zero attached hydrogens (tertiary/aromatic N) is 5. The topological polar surface area (TPSA) is 72.6 Å². The van der Waals surface area contributed by atoms with Crippen molar-refractivity contribution in [1.82, 2.24) is 24.5 Å². The number of hydrogen-bond acceptors (Lipinski definition) is 5. The average molecular weight is 303 g/mol. The van der Waals surface area contributed by atoms with Crippen LogP contribution in [0, 0.1) is 0 Å². The first-order chi connectivity index (χ1) is 10.4. The Morgan fingerprint density at radius 1 is 1.36 bits per heavy atom. The van der Waals surface area contributed by atoms with E-state index in [1.165, 1.54) is 6.33 Å². The highest BCUT2D eigenvalue weighted by atomic mass is 16.6. The van der Waals surface area contributed by atoms with Crippen LogP contribution in [-0.4, -0.2) is 49.3 Å². The van der Waals surface area contributed by atoms with Gasteiger partial charge in [0.15, 0.2) is 0 Å². The quantitative estimate of drug-likeness (QED) is 0.808. The van der Waals surface area contributed by atoms with Crippen LogP contribution in [0.15, 0.2) is 18.6 Å². The fourth-order valence-electron chi connectivity index (χ4n) is 2.78. The van der Waals surface area contributed by atoms with Gasteiger partial charge in [0.2, 0.25) is 0 Å². The molecule has 0 bridgehead atoms.